The average Bonchev–Trinajstić information content (AvgIpc) is 0. The Kier molecular flexibility index (Phi) is 4260. The molecule has 0 aliphatic rings. The van der Waals surface area contributed by atoms with Crippen LogP contribution in [0.1, 0.15) is 0 Å². The van der Waals surface area contributed by atoms with Gasteiger partial charge in [-0.1, -0.05) is 0 Å². The predicted octanol–water partition coefficient (Wildman–Crippen LogP) is -10.8. The number of halogens is 6. The fraction of sp³-hybridized carbons (Fsp3) is 0. The summed E-state index contributed by atoms with van der Waals surface area (Å²) in [7, 11) is 0. The van der Waals surface area contributed by atoms with Gasteiger partial charge in [-0.3, -0.25) is 0 Å². The van der Waals surface area contributed by atoms with Gasteiger partial charge in [0.15, 0.2) is 0 Å². The van der Waals surface area contributed by atoms with E-state index < -0.39 is 0 Å². The Morgan fingerprint density at radius 2 is 0.444 bits per heavy atom. The maximum Gasteiger partial charge on any atom is 4.00 e. The molecule has 0 atom stereocenters. The topological polar surface area (TPSA) is 70.0 Å². The van der Waals surface area contributed by atoms with Crippen molar-refractivity contribution in [2.75, 3.05) is 0 Å². The third kappa shape index (κ3) is 134. The molecule has 0 spiro atoms. The van der Waals surface area contributed by atoms with E-state index in [4.69, 9.17) is 0 Å². The van der Waals surface area contributed by atoms with Crippen molar-refractivity contribution in [3.63, 3.8) is 0 Å². The van der Waals surface area contributed by atoms with E-state index in [0.717, 1.165) is 0 Å². The van der Waals surface area contributed by atoms with Crippen molar-refractivity contribution >= 4 is 24.8 Å². The minimum absolute atomic E-state index is 0. The zero-order valence-electron chi connectivity index (χ0n) is 4.10. The molecule has 0 aliphatic heterocycles. The van der Waals surface area contributed by atoms with E-state index in [1.807, 2.05) is 0 Å². The summed E-state index contributed by atoms with van der Waals surface area (Å²) in [6.07, 6.45) is 0. The number of hydrogen-bond donors (Lipinski definition) is 2. The minimum Gasteiger partial charge on any atom is -1.00 e. The molecule has 0 aromatic rings. The first-order valence-corrected chi connectivity index (χ1v) is 0. The Bertz CT molecular complexity index is 11.0. The van der Waals surface area contributed by atoms with Gasteiger partial charge in [-0.25, -0.2) is 0 Å². The SMILES string of the molecule is Cl.Cl.N.N.[Cl-].[Cl-].[Cl-].[Cl-].[Os+4]. The van der Waals surface area contributed by atoms with Crippen molar-refractivity contribution in [3.05, 3.63) is 0 Å². The van der Waals surface area contributed by atoms with Crippen LogP contribution >= 0.6 is 24.8 Å². The van der Waals surface area contributed by atoms with E-state index >= 15 is 0 Å². The Morgan fingerprint density at radius 3 is 0.444 bits per heavy atom. The summed E-state index contributed by atoms with van der Waals surface area (Å²) in [5, 5.41) is 0. The van der Waals surface area contributed by atoms with Gasteiger partial charge in [-0.15, -0.1) is 24.8 Å². The Morgan fingerprint density at radius 1 is 0.444 bits per heavy atom. The Balaban J connectivity index is 0. The molecule has 0 saturated heterocycles. The normalized spacial score (nSPS) is 0. The predicted molar refractivity (Wildman–Crippen MR) is 24.5 cm³/mol. The van der Waals surface area contributed by atoms with Crippen molar-refractivity contribution in [3.8, 4) is 0 Å². The van der Waals surface area contributed by atoms with Crippen LogP contribution in [-0.2, 0) is 19.8 Å². The van der Waals surface area contributed by atoms with Crippen LogP contribution in [0.5, 0.6) is 0 Å². The molecule has 0 aromatic heterocycles. The van der Waals surface area contributed by atoms with Crippen molar-refractivity contribution in [2.24, 2.45) is 0 Å². The minimum atomic E-state index is 0. The van der Waals surface area contributed by atoms with E-state index in [9.17, 15) is 0 Å². The summed E-state index contributed by atoms with van der Waals surface area (Å²) >= 11 is 0. The van der Waals surface area contributed by atoms with E-state index in [2.05, 4.69) is 0 Å². The zero-order chi connectivity index (χ0) is 0. The van der Waals surface area contributed by atoms with Crippen molar-refractivity contribution in [1.82, 2.24) is 12.3 Å². The van der Waals surface area contributed by atoms with Crippen LogP contribution in [0.2, 0.25) is 0 Å². The summed E-state index contributed by atoms with van der Waals surface area (Å²) in [4.78, 5) is 0. The van der Waals surface area contributed by atoms with Crippen LogP contribution < -0.4 is 61.9 Å². The third-order valence-electron chi connectivity index (χ3n) is 0. The first-order chi connectivity index (χ1) is 0. The standard InChI is InChI=1S/6ClH.2H3N.Os/h6*1H;2*1H3;/q;;;;;;;;+4/p-4. The second kappa shape index (κ2) is 169. The van der Waals surface area contributed by atoms with Gasteiger partial charge in [0.2, 0.25) is 0 Å². The molecule has 0 saturated carbocycles. The molecule has 6 N–H and O–H groups in total. The third-order valence-corrected chi connectivity index (χ3v) is 0. The second-order valence-corrected chi connectivity index (χ2v) is 0. The smallest absolute Gasteiger partial charge is 1.00 e. The van der Waals surface area contributed by atoms with Crippen LogP contribution in [-0.4, -0.2) is 0 Å². The van der Waals surface area contributed by atoms with E-state index in [-0.39, 0.29) is 107 Å². The van der Waals surface area contributed by atoms with Crippen molar-refractivity contribution in [1.29, 1.82) is 0 Å². The van der Waals surface area contributed by atoms with Crippen molar-refractivity contribution in [2.45, 2.75) is 0 Å². The molecule has 68 valence electrons. The molecular formula is H8Cl6N2Os. The number of rotatable bonds is 0. The average molecular weight is 439 g/mol. The maximum absolute atomic E-state index is 0. The first kappa shape index (κ1) is 227. The summed E-state index contributed by atoms with van der Waals surface area (Å²) in [6, 6.07) is 0. The summed E-state index contributed by atoms with van der Waals surface area (Å²) in [6.45, 7) is 0. The first-order valence-electron chi connectivity index (χ1n) is 0. The van der Waals surface area contributed by atoms with Crippen LogP contribution in [0, 0.1) is 0 Å². The van der Waals surface area contributed by atoms with Gasteiger partial charge < -0.3 is 61.9 Å². The van der Waals surface area contributed by atoms with Crippen LogP contribution in [0.15, 0.2) is 0 Å². The van der Waals surface area contributed by atoms with Crippen LogP contribution in [0.25, 0.3) is 0 Å². The molecule has 2 nitrogen and oxygen atoms in total. The maximum atomic E-state index is 0. The number of hydrogen-bond acceptors (Lipinski definition) is 2. The van der Waals surface area contributed by atoms with Gasteiger partial charge in [0.1, 0.15) is 0 Å². The van der Waals surface area contributed by atoms with Gasteiger partial charge in [0.05, 0.1) is 0 Å². The molecule has 0 radical (unpaired) electrons. The summed E-state index contributed by atoms with van der Waals surface area (Å²) < 4.78 is 0. The molecule has 9 heavy (non-hydrogen) atoms. The zero-order valence-corrected chi connectivity index (χ0v) is 11.3. The van der Waals surface area contributed by atoms with Crippen LogP contribution in [0.4, 0.5) is 0 Å². The van der Waals surface area contributed by atoms with Gasteiger partial charge in [-0.05, 0) is 0 Å². The van der Waals surface area contributed by atoms with Crippen molar-refractivity contribution < 1.29 is 69.4 Å². The van der Waals surface area contributed by atoms with Crippen LogP contribution in [0.3, 0.4) is 0 Å². The van der Waals surface area contributed by atoms with Gasteiger partial charge in [0, 0.05) is 0 Å². The Hall–Kier alpha value is 2.30. The molecule has 0 aromatic carbocycles. The molecule has 0 bridgehead atoms. The molecule has 0 amide bonds. The molecular weight excluding hydrogens is 431 g/mol. The summed E-state index contributed by atoms with van der Waals surface area (Å²) in [5.41, 5.74) is 0. The fourth-order valence-electron chi connectivity index (χ4n) is 0. The van der Waals surface area contributed by atoms with E-state index in [1.54, 1.807) is 0 Å². The van der Waals surface area contributed by atoms with Gasteiger partial charge >= 0.3 is 19.8 Å². The quantitative estimate of drug-likeness (QED) is 0.394. The molecule has 0 fully saturated rings. The van der Waals surface area contributed by atoms with Gasteiger partial charge in [-0.2, -0.15) is 0 Å². The monoisotopic (exact) mass is 438 g/mol. The van der Waals surface area contributed by atoms with E-state index in [1.165, 1.54) is 0 Å². The second-order valence-electron chi connectivity index (χ2n) is 0. The molecule has 0 aliphatic carbocycles. The fourth-order valence-corrected chi connectivity index (χ4v) is 0. The van der Waals surface area contributed by atoms with Gasteiger partial charge in [0.25, 0.3) is 0 Å². The molecule has 0 heterocycles. The molecule has 0 rings (SSSR count). The Labute approximate surface area is 106 Å². The molecule has 0 unspecified atom stereocenters. The largest absolute Gasteiger partial charge is 4.00 e. The summed E-state index contributed by atoms with van der Waals surface area (Å²) in [5.74, 6) is 0. The molecule has 9 heteroatoms. The van der Waals surface area contributed by atoms with E-state index in [0.29, 0.717) is 0 Å².